The molecule has 0 aromatic heterocycles. The van der Waals surface area contributed by atoms with E-state index in [0.717, 1.165) is 44.7 Å². The van der Waals surface area contributed by atoms with Gasteiger partial charge in [-0.15, -0.1) is 12.4 Å². The minimum Gasteiger partial charge on any atom is -0.353 e. The number of piperidine rings is 1. The van der Waals surface area contributed by atoms with Crippen molar-refractivity contribution < 1.29 is 4.79 Å². The van der Waals surface area contributed by atoms with Crippen LogP contribution in [0.25, 0.3) is 0 Å². The first kappa shape index (κ1) is 19.8. The molecule has 130 valence electrons. The Morgan fingerprint density at radius 2 is 1.95 bits per heavy atom. The summed E-state index contributed by atoms with van der Waals surface area (Å²) in [5.41, 5.74) is 0. The first-order valence-electron chi connectivity index (χ1n) is 9.21. The zero-order valence-electron chi connectivity index (χ0n) is 14.4. The highest BCUT2D eigenvalue weighted by atomic mass is 35.5. The largest absolute Gasteiger partial charge is 0.353 e. The fraction of sp³-hybridized carbons (Fsp3) is 0.944. The Labute approximate surface area is 142 Å². The standard InChI is InChI=1S/C18H34N2O.ClH/c1-3-7-16(12-15-8-5-4-6-9-15)18(21)20-17-10-11-19-13-14(17)2;/h14-17,19H,3-13H2,1-2H3,(H,20,21);1H. The maximum atomic E-state index is 12.7. The number of carbonyl (C=O) groups is 1. The summed E-state index contributed by atoms with van der Waals surface area (Å²) in [7, 11) is 0. The van der Waals surface area contributed by atoms with Crippen LogP contribution in [0.3, 0.4) is 0 Å². The van der Waals surface area contributed by atoms with Crippen molar-refractivity contribution in [3.8, 4) is 0 Å². The zero-order valence-corrected chi connectivity index (χ0v) is 15.2. The van der Waals surface area contributed by atoms with E-state index in [9.17, 15) is 4.79 Å². The van der Waals surface area contributed by atoms with Crippen molar-refractivity contribution in [1.29, 1.82) is 0 Å². The fourth-order valence-corrected chi connectivity index (χ4v) is 4.06. The lowest BCUT2D eigenvalue weighted by atomic mass is 9.81. The molecule has 1 aliphatic heterocycles. The van der Waals surface area contributed by atoms with Crippen LogP contribution in [0.2, 0.25) is 0 Å². The van der Waals surface area contributed by atoms with Crippen molar-refractivity contribution in [2.24, 2.45) is 17.8 Å². The highest BCUT2D eigenvalue weighted by Gasteiger charge is 2.28. The summed E-state index contributed by atoms with van der Waals surface area (Å²) in [5.74, 6) is 1.94. The molecule has 2 fully saturated rings. The number of rotatable bonds is 6. The lowest BCUT2D eigenvalue weighted by molar-refractivity contribution is -0.127. The van der Waals surface area contributed by atoms with E-state index in [2.05, 4.69) is 24.5 Å². The van der Waals surface area contributed by atoms with Gasteiger partial charge in [0.1, 0.15) is 0 Å². The fourth-order valence-electron chi connectivity index (χ4n) is 4.06. The van der Waals surface area contributed by atoms with E-state index in [1.54, 1.807) is 0 Å². The molecule has 0 aromatic rings. The van der Waals surface area contributed by atoms with Gasteiger partial charge in [0.15, 0.2) is 0 Å². The molecule has 1 saturated carbocycles. The molecule has 1 saturated heterocycles. The van der Waals surface area contributed by atoms with Gasteiger partial charge in [0, 0.05) is 12.0 Å². The second-order valence-electron chi connectivity index (χ2n) is 7.31. The Bertz CT molecular complexity index is 318. The van der Waals surface area contributed by atoms with Crippen LogP contribution in [0.15, 0.2) is 0 Å². The lowest BCUT2D eigenvalue weighted by Gasteiger charge is -2.32. The van der Waals surface area contributed by atoms with Gasteiger partial charge in [0.05, 0.1) is 0 Å². The Balaban J connectivity index is 0.00000242. The van der Waals surface area contributed by atoms with E-state index in [1.165, 1.54) is 32.1 Å². The predicted octanol–water partition coefficient (Wildman–Crippen LogP) is 3.91. The molecule has 1 heterocycles. The third-order valence-electron chi connectivity index (χ3n) is 5.46. The normalized spacial score (nSPS) is 27.7. The minimum absolute atomic E-state index is 0. The van der Waals surface area contributed by atoms with Crippen molar-refractivity contribution in [3.63, 3.8) is 0 Å². The highest BCUT2D eigenvalue weighted by Crippen LogP contribution is 2.30. The van der Waals surface area contributed by atoms with Crippen LogP contribution in [-0.4, -0.2) is 25.0 Å². The molecule has 1 aliphatic carbocycles. The van der Waals surface area contributed by atoms with Gasteiger partial charge in [-0.1, -0.05) is 52.4 Å². The Kier molecular flexibility index (Phi) is 9.42. The Morgan fingerprint density at radius 3 is 2.59 bits per heavy atom. The van der Waals surface area contributed by atoms with Gasteiger partial charge in [-0.2, -0.15) is 0 Å². The van der Waals surface area contributed by atoms with Crippen LogP contribution in [0.5, 0.6) is 0 Å². The molecule has 3 unspecified atom stereocenters. The van der Waals surface area contributed by atoms with Crippen LogP contribution in [-0.2, 0) is 4.79 Å². The molecule has 22 heavy (non-hydrogen) atoms. The summed E-state index contributed by atoms with van der Waals surface area (Å²) >= 11 is 0. The number of hydrogen-bond acceptors (Lipinski definition) is 2. The molecule has 2 aliphatic rings. The third-order valence-corrected chi connectivity index (χ3v) is 5.46. The van der Waals surface area contributed by atoms with Gasteiger partial charge in [-0.25, -0.2) is 0 Å². The van der Waals surface area contributed by atoms with Crippen LogP contribution in [0.4, 0.5) is 0 Å². The number of halogens is 1. The third kappa shape index (κ3) is 6.08. The monoisotopic (exact) mass is 330 g/mol. The minimum atomic E-state index is 0. The van der Waals surface area contributed by atoms with Gasteiger partial charge in [-0.05, 0) is 44.2 Å². The zero-order chi connectivity index (χ0) is 15.1. The van der Waals surface area contributed by atoms with Gasteiger partial charge >= 0.3 is 0 Å². The Hall–Kier alpha value is -0.280. The molecule has 0 bridgehead atoms. The van der Waals surface area contributed by atoms with Crippen LogP contribution < -0.4 is 10.6 Å². The van der Waals surface area contributed by atoms with Gasteiger partial charge in [-0.3, -0.25) is 4.79 Å². The molecule has 3 atom stereocenters. The Morgan fingerprint density at radius 1 is 1.23 bits per heavy atom. The van der Waals surface area contributed by atoms with E-state index in [0.29, 0.717) is 17.9 Å². The van der Waals surface area contributed by atoms with Crippen molar-refractivity contribution in [1.82, 2.24) is 10.6 Å². The SMILES string of the molecule is CCCC(CC1CCCCC1)C(=O)NC1CCNCC1C.Cl. The number of amides is 1. The summed E-state index contributed by atoms with van der Waals surface area (Å²) in [6, 6.07) is 0.379. The van der Waals surface area contributed by atoms with Gasteiger partial charge in [0.2, 0.25) is 5.91 Å². The smallest absolute Gasteiger partial charge is 0.223 e. The predicted molar refractivity (Wildman–Crippen MR) is 95.4 cm³/mol. The highest BCUT2D eigenvalue weighted by molar-refractivity contribution is 5.85. The molecule has 1 amide bonds. The van der Waals surface area contributed by atoms with E-state index in [-0.39, 0.29) is 18.3 Å². The summed E-state index contributed by atoms with van der Waals surface area (Å²) in [6.07, 6.45) is 11.2. The summed E-state index contributed by atoms with van der Waals surface area (Å²) < 4.78 is 0. The molecular weight excluding hydrogens is 296 g/mol. The molecular formula is C18H35ClN2O. The lowest BCUT2D eigenvalue weighted by Crippen LogP contribution is -2.50. The second kappa shape index (κ2) is 10.5. The first-order valence-corrected chi connectivity index (χ1v) is 9.21. The van der Waals surface area contributed by atoms with E-state index in [4.69, 9.17) is 0 Å². The van der Waals surface area contributed by atoms with Crippen molar-refractivity contribution >= 4 is 18.3 Å². The molecule has 0 aromatic carbocycles. The molecule has 2 rings (SSSR count). The van der Waals surface area contributed by atoms with E-state index in [1.807, 2.05) is 0 Å². The average molecular weight is 331 g/mol. The molecule has 0 radical (unpaired) electrons. The number of carbonyl (C=O) groups excluding carboxylic acids is 1. The molecule has 0 spiro atoms. The summed E-state index contributed by atoms with van der Waals surface area (Å²) in [4.78, 5) is 12.7. The second-order valence-corrected chi connectivity index (χ2v) is 7.31. The maximum absolute atomic E-state index is 12.7. The van der Waals surface area contributed by atoms with Crippen LogP contribution in [0.1, 0.15) is 71.6 Å². The van der Waals surface area contributed by atoms with E-state index >= 15 is 0 Å². The van der Waals surface area contributed by atoms with Gasteiger partial charge < -0.3 is 10.6 Å². The molecule has 2 N–H and O–H groups in total. The van der Waals surface area contributed by atoms with Crippen molar-refractivity contribution in [3.05, 3.63) is 0 Å². The summed E-state index contributed by atoms with van der Waals surface area (Å²) in [5, 5.41) is 6.77. The quantitative estimate of drug-likeness (QED) is 0.775. The molecule has 3 nitrogen and oxygen atoms in total. The van der Waals surface area contributed by atoms with E-state index < -0.39 is 0 Å². The number of hydrogen-bond donors (Lipinski definition) is 2. The van der Waals surface area contributed by atoms with Crippen molar-refractivity contribution in [2.45, 2.75) is 77.7 Å². The first-order chi connectivity index (χ1) is 10.2. The maximum Gasteiger partial charge on any atom is 0.223 e. The topological polar surface area (TPSA) is 41.1 Å². The molecule has 4 heteroatoms. The van der Waals surface area contributed by atoms with Crippen LogP contribution >= 0.6 is 12.4 Å². The van der Waals surface area contributed by atoms with Crippen LogP contribution in [0, 0.1) is 17.8 Å². The van der Waals surface area contributed by atoms with Crippen molar-refractivity contribution in [2.75, 3.05) is 13.1 Å². The average Bonchev–Trinajstić information content (AvgIpc) is 2.50. The number of nitrogens with one attached hydrogen (secondary N) is 2. The van der Waals surface area contributed by atoms with Gasteiger partial charge in [0.25, 0.3) is 0 Å². The summed E-state index contributed by atoms with van der Waals surface area (Å²) in [6.45, 7) is 6.52.